The number of nitrogens with one attached hydrogen (secondary N) is 1. The average Bonchev–Trinajstić information content (AvgIpc) is 2.94. The number of nitrogens with zero attached hydrogens (tertiary/aromatic N) is 2. The summed E-state index contributed by atoms with van der Waals surface area (Å²) < 4.78 is 0. The Bertz CT molecular complexity index is 645. The van der Waals surface area contributed by atoms with Crippen LogP contribution in [0.4, 0.5) is 10.1 Å². The molecule has 0 atom stereocenters. The summed E-state index contributed by atoms with van der Waals surface area (Å²) in [7, 11) is 0. The first-order valence-electron chi connectivity index (χ1n) is 5.20. The van der Waals surface area contributed by atoms with Crippen LogP contribution in [0.1, 0.15) is 17.5 Å². The van der Waals surface area contributed by atoms with Crippen LogP contribution in [0.3, 0.4) is 0 Å². The van der Waals surface area contributed by atoms with E-state index in [-0.39, 0.29) is 10.9 Å². The molecule has 0 spiro atoms. The molecule has 2 aromatic rings. The van der Waals surface area contributed by atoms with E-state index >= 15 is 0 Å². The summed E-state index contributed by atoms with van der Waals surface area (Å²) in [6, 6.07) is 3.15. The molecule has 2 rings (SSSR count). The van der Waals surface area contributed by atoms with Crippen LogP contribution in [0.2, 0.25) is 0 Å². The fourth-order valence-electron chi connectivity index (χ4n) is 1.27. The fourth-order valence-corrected chi connectivity index (χ4v) is 2.72. The molecule has 0 fully saturated rings. The summed E-state index contributed by atoms with van der Waals surface area (Å²) >= 11 is 2.42. The van der Waals surface area contributed by atoms with Crippen LogP contribution < -0.4 is 5.32 Å². The molecule has 1 N–H and O–H groups in total. The summed E-state index contributed by atoms with van der Waals surface area (Å²) in [6.45, 7) is 1.42. The Morgan fingerprint density at radius 3 is 2.89 bits per heavy atom. The lowest BCUT2D eigenvalue weighted by Gasteiger charge is -1.92. The van der Waals surface area contributed by atoms with Gasteiger partial charge in [-0.15, -0.1) is 11.3 Å². The molecule has 19 heavy (non-hydrogen) atoms. The molecule has 0 saturated heterocycles. The van der Waals surface area contributed by atoms with Gasteiger partial charge in [-0.1, -0.05) is 11.3 Å². The van der Waals surface area contributed by atoms with E-state index in [0.717, 1.165) is 16.2 Å². The Labute approximate surface area is 116 Å². The van der Waals surface area contributed by atoms with Gasteiger partial charge in [0.25, 0.3) is 0 Å². The number of nitro groups is 1. The van der Waals surface area contributed by atoms with Crippen LogP contribution in [0.5, 0.6) is 0 Å². The average molecular weight is 295 g/mol. The highest BCUT2D eigenvalue weighted by atomic mass is 32.1. The Morgan fingerprint density at radius 2 is 2.26 bits per heavy atom. The van der Waals surface area contributed by atoms with Crippen molar-refractivity contribution in [3.63, 3.8) is 0 Å². The molecule has 0 aliphatic carbocycles. The highest BCUT2D eigenvalue weighted by Crippen LogP contribution is 2.26. The molecule has 8 heteroatoms. The molecule has 0 unspecified atom stereocenters. The second-order valence-corrected chi connectivity index (χ2v) is 5.48. The van der Waals surface area contributed by atoms with E-state index in [1.807, 2.05) is 0 Å². The number of thiophene rings is 1. The van der Waals surface area contributed by atoms with Gasteiger partial charge in [-0.3, -0.25) is 14.9 Å². The predicted octanol–water partition coefficient (Wildman–Crippen LogP) is 3.24. The number of thiazole rings is 1. The number of rotatable bonds is 4. The van der Waals surface area contributed by atoms with Crippen molar-refractivity contribution in [1.29, 1.82) is 0 Å². The van der Waals surface area contributed by atoms with Gasteiger partial charge >= 0.3 is 5.00 Å². The zero-order valence-corrected chi connectivity index (χ0v) is 11.5. The van der Waals surface area contributed by atoms with E-state index in [1.54, 1.807) is 23.6 Å². The standard InChI is InChI=1S/C11H9N3O3S2/c1-7(15)12-11-13-8(6-18-11)2-3-9-4-5-10(19-9)14(16)17/h2-6H,1H3,(H,12,13,15). The van der Waals surface area contributed by atoms with Crippen LogP contribution in [-0.4, -0.2) is 15.8 Å². The van der Waals surface area contributed by atoms with E-state index in [2.05, 4.69) is 10.3 Å². The number of carbonyl (C=O) groups is 1. The lowest BCUT2D eigenvalue weighted by Crippen LogP contribution is -2.04. The first-order chi connectivity index (χ1) is 9.04. The second kappa shape index (κ2) is 5.72. The van der Waals surface area contributed by atoms with Gasteiger partial charge in [-0.05, 0) is 18.2 Å². The zero-order valence-electron chi connectivity index (χ0n) is 9.82. The van der Waals surface area contributed by atoms with Crippen molar-refractivity contribution in [1.82, 2.24) is 4.98 Å². The molecule has 0 aliphatic heterocycles. The maximum atomic E-state index is 10.8. The van der Waals surface area contributed by atoms with Crippen molar-refractivity contribution in [3.8, 4) is 0 Å². The van der Waals surface area contributed by atoms with Gasteiger partial charge in [0.05, 0.1) is 10.6 Å². The largest absolute Gasteiger partial charge is 0.324 e. The van der Waals surface area contributed by atoms with Crippen molar-refractivity contribution in [2.45, 2.75) is 6.92 Å². The van der Waals surface area contributed by atoms with Gasteiger partial charge in [0.2, 0.25) is 5.91 Å². The molecular formula is C11H9N3O3S2. The minimum Gasteiger partial charge on any atom is -0.302 e. The maximum Gasteiger partial charge on any atom is 0.324 e. The molecule has 0 bridgehead atoms. The molecule has 6 nitrogen and oxygen atoms in total. The lowest BCUT2D eigenvalue weighted by molar-refractivity contribution is -0.380. The Hall–Kier alpha value is -2.06. The minimum atomic E-state index is -0.417. The third-order valence-corrected chi connectivity index (χ3v) is 3.79. The van der Waals surface area contributed by atoms with Crippen LogP contribution >= 0.6 is 22.7 Å². The Kier molecular flexibility index (Phi) is 4.03. The van der Waals surface area contributed by atoms with Crippen molar-refractivity contribution in [2.75, 3.05) is 5.32 Å². The fraction of sp³-hybridized carbons (Fsp3) is 0.0909. The van der Waals surface area contributed by atoms with Gasteiger partial charge in [0.1, 0.15) is 0 Å². The summed E-state index contributed by atoms with van der Waals surface area (Å²) in [5, 5.41) is 15.6. The van der Waals surface area contributed by atoms with Crippen molar-refractivity contribution in [2.24, 2.45) is 0 Å². The molecule has 1 amide bonds. The Balaban J connectivity index is 2.07. The Morgan fingerprint density at radius 1 is 1.47 bits per heavy atom. The second-order valence-electron chi connectivity index (χ2n) is 3.53. The summed E-state index contributed by atoms with van der Waals surface area (Å²) in [4.78, 5) is 25.9. The lowest BCUT2D eigenvalue weighted by atomic mass is 10.3. The van der Waals surface area contributed by atoms with Crippen molar-refractivity contribution < 1.29 is 9.72 Å². The molecule has 0 aromatic carbocycles. The normalized spacial score (nSPS) is 10.8. The van der Waals surface area contributed by atoms with Crippen LogP contribution in [0.25, 0.3) is 12.2 Å². The van der Waals surface area contributed by atoms with Gasteiger partial charge in [0.15, 0.2) is 5.13 Å². The highest BCUT2D eigenvalue weighted by molar-refractivity contribution is 7.16. The number of hydrogen-bond donors (Lipinski definition) is 1. The molecular weight excluding hydrogens is 286 g/mol. The number of hydrogen-bond acceptors (Lipinski definition) is 6. The number of aromatic nitrogens is 1. The molecule has 0 radical (unpaired) electrons. The minimum absolute atomic E-state index is 0.108. The summed E-state index contributed by atoms with van der Waals surface area (Å²) in [6.07, 6.45) is 3.50. The number of amides is 1. The first kappa shape index (κ1) is 13.4. The molecule has 0 saturated carbocycles. The SMILES string of the molecule is CC(=O)Nc1nc(C=Cc2ccc([N+](=O)[O-])s2)cs1. The smallest absolute Gasteiger partial charge is 0.302 e. The van der Waals surface area contributed by atoms with Crippen molar-refractivity contribution >= 4 is 50.9 Å². The highest BCUT2D eigenvalue weighted by Gasteiger charge is 2.07. The van der Waals surface area contributed by atoms with Gasteiger partial charge < -0.3 is 5.32 Å². The van der Waals surface area contributed by atoms with Crippen LogP contribution in [0.15, 0.2) is 17.5 Å². The van der Waals surface area contributed by atoms with E-state index < -0.39 is 4.92 Å². The first-order valence-corrected chi connectivity index (χ1v) is 6.89. The summed E-state index contributed by atoms with van der Waals surface area (Å²) in [5.41, 5.74) is 0.699. The van der Waals surface area contributed by atoms with Gasteiger partial charge in [0, 0.05) is 23.2 Å². The van der Waals surface area contributed by atoms with Gasteiger partial charge in [-0.25, -0.2) is 4.98 Å². The zero-order chi connectivity index (χ0) is 13.8. The van der Waals surface area contributed by atoms with Crippen LogP contribution in [0, 0.1) is 10.1 Å². The number of anilines is 1. The molecule has 98 valence electrons. The summed E-state index contributed by atoms with van der Waals surface area (Å²) in [5.74, 6) is -0.168. The molecule has 0 aliphatic rings. The van der Waals surface area contributed by atoms with E-state index in [0.29, 0.717) is 10.8 Å². The van der Waals surface area contributed by atoms with E-state index in [1.165, 1.54) is 24.3 Å². The predicted molar refractivity (Wildman–Crippen MR) is 76.3 cm³/mol. The topological polar surface area (TPSA) is 85.1 Å². The monoisotopic (exact) mass is 295 g/mol. The third-order valence-electron chi connectivity index (χ3n) is 2.02. The number of carbonyl (C=O) groups excluding carboxylic acids is 1. The van der Waals surface area contributed by atoms with Crippen molar-refractivity contribution in [3.05, 3.63) is 38.2 Å². The maximum absolute atomic E-state index is 10.8. The van der Waals surface area contributed by atoms with Gasteiger partial charge in [-0.2, -0.15) is 0 Å². The quantitative estimate of drug-likeness (QED) is 0.693. The van der Waals surface area contributed by atoms with E-state index in [4.69, 9.17) is 0 Å². The molecule has 2 aromatic heterocycles. The van der Waals surface area contributed by atoms with Crippen LogP contribution in [-0.2, 0) is 4.79 Å². The third kappa shape index (κ3) is 3.70. The molecule has 2 heterocycles. The van der Waals surface area contributed by atoms with E-state index in [9.17, 15) is 14.9 Å².